The minimum Gasteiger partial charge on any atom is -0.482 e. The highest BCUT2D eigenvalue weighted by molar-refractivity contribution is 6.32. The highest BCUT2D eigenvalue weighted by Gasteiger charge is 2.45. The molecule has 8 heteroatoms. The summed E-state index contributed by atoms with van der Waals surface area (Å²) in [6.07, 6.45) is 0. The van der Waals surface area contributed by atoms with E-state index in [0.29, 0.717) is 32.9 Å². The Hall–Kier alpha value is -5.56. The fourth-order valence-corrected chi connectivity index (χ4v) is 6.82. The zero-order valence-corrected chi connectivity index (χ0v) is 27.7. The summed E-state index contributed by atoms with van der Waals surface area (Å²) in [4.78, 5) is 25.5. The van der Waals surface area contributed by atoms with Gasteiger partial charge in [-0.15, -0.1) is 0 Å². The Labute approximate surface area is 294 Å². The number of rotatable bonds is 10. The van der Waals surface area contributed by atoms with Crippen LogP contribution in [0.1, 0.15) is 22.3 Å². The predicted octanol–water partition coefficient (Wildman–Crippen LogP) is 9.39. The van der Waals surface area contributed by atoms with Crippen LogP contribution in [0.4, 0.5) is 11.4 Å². The van der Waals surface area contributed by atoms with Gasteiger partial charge in [-0.2, -0.15) is 0 Å². The van der Waals surface area contributed by atoms with Crippen LogP contribution in [0.3, 0.4) is 0 Å². The summed E-state index contributed by atoms with van der Waals surface area (Å²) in [6.45, 7) is -0.351. The number of benzene rings is 6. The highest BCUT2D eigenvalue weighted by atomic mass is 35.5. The molecule has 242 valence electrons. The number of hydrogen-bond donors (Lipinski definition) is 2. The third kappa shape index (κ3) is 6.36. The molecule has 0 saturated heterocycles. The maximum absolute atomic E-state index is 12.8. The van der Waals surface area contributed by atoms with Crippen LogP contribution in [0, 0.1) is 0 Å². The number of amides is 2. The number of nitrogens with one attached hydrogen (secondary N) is 2. The lowest BCUT2D eigenvalue weighted by molar-refractivity contribution is -0.118. The van der Waals surface area contributed by atoms with Gasteiger partial charge in [0.05, 0.1) is 15.5 Å². The van der Waals surface area contributed by atoms with Crippen molar-refractivity contribution in [2.45, 2.75) is 5.41 Å². The summed E-state index contributed by atoms with van der Waals surface area (Å²) in [6, 6.07) is 46.7. The fraction of sp³-hybridized carbons (Fsp3) is 0.0732. The Bertz CT molecular complexity index is 1990. The standard InChI is InChI=1S/C41H30Cl2N2O4/c42-35-13-5-7-15-37(35)48-25-39(46)44-29-21-17-27(18-22-29)41(33-11-3-1-9-31(33)32-10-2-4-12-34(32)41)28-19-23-30(24-20-28)45-40(47)26-49-38-16-8-6-14-36(38)43/h1-24H,25-26H2,(H,44,46)(H,45,47). The lowest BCUT2D eigenvalue weighted by Crippen LogP contribution is -2.28. The second-order valence-electron chi connectivity index (χ2n) is 11.5. The van der Waals surface area contributed by atoms with E-state index in [2.05, 4.69) is 59.2 Å². The van der Waals surface area contributed by atoms with Gasteiger partial charge in [-0.25, -0.2) is 0 Å². The second kappa shape index (κ2) is 13.9. The van der Waals surface area contributed by atoms with E-state index in [1.165, 1.54) is 0 Å². The Morgan fingerprint density at radius 1 is 0.490 bits per heavy atom. The largest absolute Gasteiger partial charge is 0.482 e. The van der Waals surface area contributed by atoms with Gasteiger partial charge in [-0.1, -0.05) is 120 Å². The molecule has 0 aliphatic heterocycles. The van der Waals surface area contributed by atoms with Crippen molar-refractivity contribution in [2.24, 2.45) is 0 Å². The molecule has 0 heterocycles. The molecule has 6 aromatic carbocycles. The first-order valence-corrected chi connectivity index (χ1v) is 16.4. The summed E-state index contributed by atoms with van der Waals surface area (Å²) in [5.41, 5.74) is 7.28. The van der Waals surface area contributed by atoms with Crippen molar-refractivity contribution in [3.63, 3.8) is 0 Å². The summed E-state index contributed by atoms with van der Waals surface area (Å²) >= 11 is 12.3. The Morgan fingerprint density at radius 2 is 0.857 bits per heavy atom. The van der Waals surface area contributed by atoms with E-state index in [4.69, 9.17) is 32.7 Å². The number of anilines is 2. The number of para-hydroxylation sites is 2. The number of carbonyl (C=O) groups excluding carboxylic acids is 2. The molecule has 1 aliphatic carbocycles. The van der Waals surface area contributed by atoms with Gasteiger partial charge in [0.1, 0.15) is 11.5 Å². The van der Waals surface area contributed by atoms with Crippen molar-refractivity contribution in [3.8, 4) is 22.6 Å². The van der Waals surface area contributed by atoms with Gasteiger partial charge in [0.2, 0.25) is 0 Å². The van der Waals surface area contributed by atoms with Gasteiger partial charge >= 0.3 is 0 Å². The van der Waals surface area contributed by atoms with Gasteiger partial charge in [0.15, 0.2) is 13.2 Å². The summed E-state index contributed by atoms with van der Waals surface area (Å²) < 4.78 is 11.2. The van der Waals surface area contributed by atoms with Crippen molar-refractivity contribution in [1.29, 1.82) is 0 Å². The number of fused-ring (bicyclic) bond motifs is 3. The molecule has 0 bridgehead atoms. The van der Waals surface area contributed by atoms with Crippen molar-refractivity contribution < 1.29 is 19.1 Å². The molecule has 0 unspecified atom stereocenters. The van der Waals surface area contributed by atoms with E-state index in [1.54, 1.807) is 48.5 Å². The van der Waals surface area contributed by atoms with Gasteiger partial charge in [0.25, 0.3) is 11.8 Å². The van der Waals surface area contributed by atoms with Crippen LogP contribution in [0.5, 0.6) is 11.5 Å². The molecule has 49 heavy (non-hydrogen) atoms. The second-order valence-corrected chi connectivity index (χ2v) is 12.3. The SMILES string of the molecule is O=C(COc1ccccc1Cl)Nc1ccc(C2(c3ccc(NC(=O)COc4ccccc4Cl)cc3)c3ccccc3-c3ccccc32)cc1. The molecule has 0 spiro atoms. The molecule has 1 aliphatic rings. The van der Waals surface area contributed by atoms with E-state index in [9.17, 15) is 9.59 Å². The molecule has 7 rings (SSSR count). The first-order valence-electron chi connectivity index (χ1n) is 15.7. The third-order valence-corrected chi connectivity index (χ3v) is 9.17. The van der Waals surface area contributed by atoms with Crippen LogP contribution in [-0.2, 0) is 15.0 Å². The zero-order chi connectivity index (χ0) is 33.8. The summed E-state index contributed by atoms with van der Waals surface area (Å²) in [5, 5.41) is 6.74. The number of hydrogen-bond acceptors (Lipinski definition) is 4. The van der Waals surface area contributed by atoms with E-state index < -0.39 is 5.41 Å². The number of halogens is 2. The molecule has 2 amide bonds. The van der Waals surface area contributed by atoms with Crippen LogP contribution in [0.25, 0.3) is 11.1 Å². The molecule has 0 radical (unpaired) electrons. The van der Waals surface area contributed by atoms with Crippen molar-refractivity contribution >= 4 is 46.4 Å². The normalized spacial score (nSPS) is 12.4. The maximum atomic E-state index is 12.8. The molecule has 2 N–H and O–H groups in total. The van der Waals surface area contributed by atoms with Crippen molar-refractivity contribution in [3.05, 3.63) is 178 Å². The Morgan fingerprint density at radius 3 is 1.27 bits per heavy atom. The van der Waals surface area contributed by atoms with E-state index in [-0.39, 0.29) is 25.0 Å². The molecule has 0 fully saturated rings. The topological polar surface area (TPSA) is 76.7 Å². The lowest BCUT2D eigenvalue weighted by Gasteiger charge is -2.34. The van der Waals surface area contributed by atoms with Gasteiger partial charge in [-0.3, -0.25) is 9.59 Å². The molecular weight excluding hydrogens is 655 g/mol. The zero-order valence-electron chi connectivity index (χ0n) is 26.2. The van der Waals surface area contributed by atoms with Crippen LogP contribution in [0.15, 0.2) is 146 Å². The first kappa shape index (κ1) is 32.0. The minimum atomic E-state index is -0.654. The third-order valence-electron chi connectivity index (χ3n) is 8.55. The van der Waals surface area contributed by atoms with E-state index in [1.807, 2.05) is 48.5 Å². The smallest absolute Gasteiger partial charge is 0.262 e. The first-order chi connectivity index (χ1) is 23.9. The quantitative estimate of drug-likeness (QED) is 0.151. The van der Waals surface area contributed by atoms with Crippen molar-refractivity contribution in [1.82, 2.24) is 0 Å². The molecule has 0 saturated carbocycles. The van der Waals surface area contributed by atoms with Gasteiger partial charge in [0, 0.05) is 11.4 Å². The minimum absolute atomic E-state index is 0.175. The van der Waals surface area contributed by atoms with Crippen LogP contribution < -0.4 is 20.1 Å². The number of ether oxygens (including phenoxy) is 2. The molecule has 0 aromatic heterocycles. The highest BCUT2D eigenvalue weighted by Crippen LogP contribution is 2.56. The van der Waals surface area contributed by atoms with Crippen molar-refractivity contribution in [2.75, 3.05) is 23.8 Å². The molecule has 6 nitrogen and oxygen atoms in total. The lowest BCUT2D eigenvalue weighted by atomic mass is 9.67. The van der Waals surface area contributed by atoms with Gasteiger partial charge < -0.3 is 20.1 Å². The fourth-order valence-electron chi connectivity index (χ4n) is 6.44. The van der Waals surface area contributed by atoms with E-state index in [0.717, 1.165) is 33.4 Å². The summed E-state index contributed by atoms with van der Waals surface area (Å²) in [7, 11) is 0. The Balaban J connectivity index is 1.17. The predicted molar refractivity (Wildman–Crippen MR) is 195 cm³/mol. The molecule has 6 aromatic rings. The van der Waals surface area contributed by atoms with Crippen LogP contribution >= 0.6 is 23.2 Å². The maximum Gasteiger partial charge on any atom is 0.262 e. The molecule has 0 atom stereocenters. The van der Waals surface area contributed by atoms with Gasteiger partial charge in [-0.05, 0) is 81.9 Å². The number of carbonyl (C=O) groups is 2. The summed E-state index contributed by atoms with van der Waals surface area (Å²) in [5.74, 6) is 0.306. The average Bonchev–Trinajstić information content (AvgIpc) is 3.43. The van der Waals surface area contributed by atoms with Crippen LogP contribution in [-0.4, -0.2) is 25.0 Å². The molecular formula is C41H30Cl2N2O4. The average molecular weight is 686 g/mol. The van der Waals surface area contributed by atoms with E-state index >= 15 is 0 Å². The monoisotopic (exact) mass is 684 g/mol. The van der Waals surface area contributed by atoms with Crippen LogP contribution in [0.2, 0.25) is 10.0 Å². The Kier molecular flexibility index (Phi) is 9.07.